The van der Waals surface area contributed by atoms with Gasteiger partial charge in [0.2, 0.25) is 5.82 Å². The van der Waals surface area contributed by atoms with Crippen molar-refractivity contribution in [1.82, 2.24) is 15.1 Å². The van der Waals surface area contributed by atoms with Crippen LogP contribution in [0.3, 0.4) is 0 Å². The van der Waals surface area contributed by atoms with Gasteiger partial charge < -0.3 is 10.6 Å². The summed E-state index contributed by atoms with van der Waals surface area (Å²) in [6.07, 6.45) is 0. The van der Waals surface area contributed by atoms with Gasteiger partial charge in [-0.1, -0.05) is 0 Å². The normalized spacial score (nSPS) is 15.9. The van der Waals surface area contributed by atoms with E-state index in [1.165, 1.54) is 0 Å². The molecule has 2 rings (SSSR count). The zero-order valence-electron chi connectivity index (χ0n) is 9.36. The molecule has 0 bridgehead atoms. The highest BCUT2D eigenvalue weighted by Gasteiger charge is 2.28. The van der Waals surface area contributed by atoms with Crippen molar-refractivity contribution in [3.8, 4) is 0 Å². The van der Waals surface area contributed by atoms with E-state index in [2.05, 4.69) is 15.7 Å². The molecule has 1 fully saturated rings. The number of nitrogens with zero attached hydrogens (tertiary/aromatic N) is 3. The highest BCUT2D eigenvalue weighted by Crippen LogP contribution is 2.28. The lowest BCUT2D eigenvalue weighted by Gasteiger charge is -2.28. The monoisotopic (exact) mass is 225 g/mol. The summed E-state index contributed by atoms with van der Waals surface area (Å²) in [7, 11) is 0. The van der Waals surface area contributed by atoms with Crippen molar-refractivity contribution in [3.63, 3.8) is 0 Å². The van der Waals surface area contributed by atoms with Gasteiger partial charge >= 0.3 is 5.69 Å². The second-order valence-electron chi connectivity index (χ2n) is 3.86. The van der Waals surface area contributed by atoms with Gasteiger partial charge in [0.1, 0.15) is 5.69 Å². The van der Waals surface area contributed by atoms with Gasteiger partial charge in [-0.25, -0.2) is 4.68 Å². The molecule has 7 heteroatoms. The van der Waals surface area contributed by atoms with Crippen LogP contribution >= 0.6 is 0 Å². The molecule has 2 N–H and O–H groups in total. The number of hydrogen-bond acceptors (Lipinski definition) is 5. The van der Waals surface area contributed by atoms with Gasteiger partial charge in [-0.2, -0.15) is 5.10 Å². The van der Waals surface area contributed by atoms with Crippen molar-refractivity contribution in [2.75, 3.05) is 18.4 Å². The molecule has 7 nitrogen and oxygen atoms in total. The Morgan fingerprint density at radius 3 is 2.81 bits per heavy atom. The molecule has 1 saturated heterocycles. The molecular weight excluding hydrogens is 210 g/mol. The van der Waals surface area contributed by atoms with Crippen LogP contribution in [0, 0.1) is 17.0 Å². The molecule has 0 spiro atoms. The maximum atomic E-state index is 11.0. The minimum atomic E-state index is -0.372. The number of anilines is 1. The molecule has 16 heavy (non-hydrogen) atoms. The maximum Gasteiger partial charge on any atom is 0.333 e. The van der Waals surface area contributed by atoms with Crippen LogP contribution in [0.4, 0.5) is 11.5 Å². The van der Waals surface area contributed by atoms with Crippen molar-refractivity contribution < 1.29 is 4.92 Å². The number of nitro groups is 1. The molecule has 0 amide bonds. The van der Waals surface area contributed by atoms with Crippen molar-refractivity contribution in [1.29, 1.82) is 0 Å². The molecule has 0 aliphatic carbocycles. The Bertz CT molecular complexity index is 410. The quantitative estimate of drug-likeness (QED) is 0.576. The number of rotatable bonds is 4. The van der Waals surface area contributed by atoms with Gasteiger partial charge in [-0.15, -0.1) is 0 Å². The van der Waals surface area contributed by atoms with E-state index in [4.69, 9.17) is 0 Å². The largest absolute Gasteiger partial charge is 0.359 e. The van der Waals surface area contributed by atoms with Crippen LogP contribution in [0.1, 0.15) is 12.6 Å². The summed E-state index contributed by atoms with van der Waals surface area (Å²) >= 11 is 0. The lowest BCUT2D eigenvalue weighted by molar-refractivity contribution is -0.384. The first-order chi connectivity index (χ1) is 7.63. The lowest BCUT2D eigenvalue weighted by atomic mass is 10.2. The zero-order valence-corrected chi connectivity index (χ0v) is 9.36. The van der Waals surface area contributed by atoms with Crippen molar-refractivity contribution in [2.24, 2.45) is 0 Å². The smallest absolute Gasteiger partial charge is 0.333 e. The van der Waals surface area contributed by atoms with E-state index in [1.807, 2.05) is 6.92 Å². The number of hydrogen-bond donors (Lipinski definition) is 2. The molecule has 1 aromatic heterocycles. The van der Waals surface area contributed by atoms with Gasteiger partial charge in [-0.3, -0.25) is 10.1 Å². The molecule has 0 radical (unpaired) electrons. The number of aromatic nitrogens is 2. The first-order valence-electron chi connectivity index (χ1n) is 5.32. The summed E-state index contributed by atoms with van der Waals surface area (Å²) in [6, 6.07) is 0.264. The molecule has 0 atom stereocenters. The fourth-order valence-corrected chi connectivity index (χ4v) is 1.75. The van der Waals surface area contributed by atoms with E-state index in [1.54, 1.807) is 11.6 Å². The molecule has 88 valence electrons. The Labute approximate surface area is 93.0 Å². The standard InChI is InChI=1S/C9H15N5O2/c1-3-13-9(11-7-4-10-5-7)8(14(15)16)6(2)12-13/h7,10-11H,3-5H2,1-2H3. The SMILES string of the molecule is CCn1nc(C)c([N+](=O)[O-])c1NC1CNC1. The van der Waals surface area contributed by atoms with Gasteiger partial charge in [0.25, 0.3) is 0 Å². The third-order valence-electron chi connectivity index (χ3n) is 2.70. The van der Waals surface area contributed by atoms with Crippen LogP contribution in [0.5, 0.6) is 0 Å². The van der Waals surface area contributed by atoms with E-state index >= 15 is 0 Å². The highest BCUT2D eigenvalue weighted by molar-refractivity contribution is 5.60. The summed E-state index contributed by atoms with van der Waals surface area (Å²) < 4.78 is 1.64. The van der Waals surface area contributed by atoms with Gasteiger partial charge in [0.05, 0.1) is 11.0 Å². The maximum absolute atomic E-state index is 11.0. The minimum Gasteiger partial charge on any atom is -0.359 e. The molecule has 0 saturated carbocycles. The summed E-state index contributed by atoms with van der Waals surface area (Å²) in [4.78, 5) is 10.6. The van der Waals surface area contributed by atoms with Crippen LogP contribution in [-0.2, 0) is 6.54 Å². The minimum absolute atomic E-state index is 0.0914. The summed E-state index contributed by atoms with van der Waals surface area (Å²) in [5.74, 6) is 0.525. The average Bonchev–Trinajstić information content (AvgIpc) is 2.48. The fraction of sp³-hybridized carbons (Fsp3) is 0.667. The molecule has 0 unspecified atom stereocenters. The Morgan fingerprint density at radius 1 is 1.69 bits per heavy atom. The van der Waals surface area contributed by atoms with Gasteiger partial charge in [0.15, 0.2) is 0 Å². The molecule has 0 aromatic carbocycles. The van der Waals surface area contributed by atoms with E-state index < -0.39 is 0 Å². The molecule has 2 heterocycles. The van der Waals surface area contributed by atoms with Crippen LogP contribution in [-0.4, -0.2) is 33.8 Å². The Kier molecular flexibility index (Phi) is 2.78. The molecular formula is C9H15N5O2. The van der Waals surface area contributed by atoms with Crippen molar-refractivity contribution >= 4 is 11.5 Å². The van der Waals surface area contributed by atoms with Crippen molar-refractivity contribution in [3.05, 3.63) is 15.8 Å². The van der Waals surface area contributed by atoms with Crippen LogP contribution < -0.4 is 10.6 Å². The second kappa shape index (κ2) is 4.09. The molecule has 1 aromatic rings. The highest BCUT2D eigenvalue weighted by atomic mass is 16.6. The van der Waals surface area contributed by atoms with Crippen LogP contribution in [0.2, 0.25) is 0 Å². The summed E-state index contributed by atoms with van der Waals surface area (Å²) in [6.45, 7) is 5.88. The third kappa shape index (κ3) is 1.73. The number of aryl methyl sites for hydroxylation is 2. The Morgan fingerprint density at radius 2 is 2.38 bits per heavy atom. The zero-order chi connectivity index (χ0) is 11.7. The van der Waals surface area contributed by atoms with E-state index in [0.717, 1.165) is 13.1 Å². The lowest BCUT2D eigenvalue weighted by Crippen LogP contribution is -2.51. The van der Waals surface area contributed by atoms with E-state index in [0.29, 0.717) is 18.1 Å². The predicted octanol–water partition coefficient (Wildman–Crippen LogP) is 0.503. The van der Waals surface area contributed by atoms with E-state index in [-0.39, 0.29) is 16.7 Å². The topological polar surface area (TPSA) is 85.0 Å². The molecule has 1 aliphatic heterocycles. The van der Waals surface area contributed by atoms with Gasteiger partial charge in [-0.05, 0) is 13.8 Å². The third-order valence-corrected chi connectivity index (χ3v) is 2.70. The molecule has 1 aliphatic rings. The number of nitrogens with one attached hydrogen (secondary N) is 2. The fourth-order valence-electron chi connectivity index (χ4n) is 1.75. The van der Waals surface area contributed by atoms with Crippen LogP contribution in [0.15, 0.2) is 0 Å². The van der Waals surface area contributed by atoms with Crippen molar-refractivity contribution in [2.45, 2.75) is 26.4 Å². The van der Waals surface area contributed by atoms with Crippen LogP contribution in [0.25, 0.3) is 0 Å². The first kappa shape index (κ1) is 10.9. The average molecular weight is 225 g/mol. The summed E-state index contributed by atoms with van der Waals surface area (Å²) in [5.41, 5.74) is 0.551. The second-order valence-corrected chi connectivity index (χ2v) is 3.86. The Balaban J connectivity index is 2.33. The Hall–Kier alpha value is -1.63. The summed E-state index contributed by atoms with van der Waals surface area (Å²) in [5, 5.41) is 21.4. The van der Waals surface area contributed by atoms with E-state index in [9.17, 15) is 10.1 Å². The first-order valence-corrected chi connectivity index (χ1v) is 5.32. The predicted molar refractivity (Wildman–Crippen MR) is 59.6 cm³/mol. The van der Waals surface area contributed by atoms with Gasteiger partial charge in [0, 0.05) is 19.6 Å².